The fraction of sp³-hybridized carbons (Fsp3) is 0.333. The second-order valence-corrected chi connectivity index (χ2v) is 5.21. The Balaban J connectivity index is 1.98. The first-order valence-electron chi connectivity index (χ1n) is 5.49. The molecule has 1 N–H and O–H groups in total. The third kappa shape index (κ3) is 2.79. The Bertz CT molecular complexity index is 422. The number of imide groups is 1. The third-order valence-corrected chi connectivity index (χ3v) is 3.63. The zero-order chi connectivity index (χ0) is 12.3. The van der Waals surface area contributed by atoms with Crippen LogP contribution in [-0.2, 0) is 4.79 Å². The fourth-order valence-electron chi connectivity index (χ4n) is 1.65. The number of carbonyl (C=O) groups excluding carboxylic acids is 2. The van der Waals surface area contributed by atoms with Crippen LogP contribution in [0, 0.1) is 0 Å². The maximum absolute atomic E-state index is 12.0. The van der Waals surface area contributed by atoms with Gasteiger partial charge in [0, 0.05) is 18.0 Å². The Morgan fingerprint density at radius 1 is 1.41 bits per heavy atom. The quantitative estimate of drug-likeness (QED) is 0.831. The van der Waals surface area contributed by atoms with Crippen LogP contribution in [0.1, 0.15) is 6.92 Å². The predicted octanol–water partition coefficient (Wildman–Crippen LogP) is 1.72. The maximum Gasteiger partial charge on any atom is 0.324 e. The summed E-state index contributed by atoms with van der Waals surface area (Å²) >= 11 is 1.47. The van der Waals surface area contributed by atoms with Crippen molar-refractivity contribution in [1.29, 1.82) is 0 Å². The Hall–Kier alpha value is -1.49. The molecule has 0 spiro atoms. The first kappa shape index (κ1) is 12.0. The van der Waals surface area contributed by atoms with Crippen molar-refractivity contribution in [3.8, 4) is 0 Å². The molecule has 1 aliphatic heterocycles. The molecule has 90 valence electrons. The summed E-state index contributed by atoms with van der Waals surface area (Å²) in [6.07, 6.45) is 0. The predicted molar refractivity (Wildman–Crippen MR) is 66.9 cm³/mol. The topological polar surface area (TPSA) is 49.4 Å². The molecule has 5 heteroatoms. The van der Waals surface area contributed by atoms with Gasteiger partial charge in [-0.2, -0.15) is 0 Å². The van der Waals surface area contributed by atoms with Crippen molar-refractivity contribution in [1.82, 2.24) is 10.2 Å². The number of urea groups is 1. The molecule has 0 bridgehead atoms. The molecule has 1 fully saturated rings. The Kier molecular flexibility index (Phi) is 3.68. The van der Waals surface area contributed by atoms with Gasteiger partial charge >= 0.3 is 6.03 Å². The molecule has 1 atom stereocenters. The van der Waals surface area contributed by atoms with Crippen LogP contribution in [0.2, 0.25) is 0 Å². The van der Waals surface area contributed by atoms with E-state index in [9.17, 15) is 9.59 Å². The molecular weight excluding hydrogens is 236 g/mol. The lowest BCUT2D eigenvalue weighted by atomic mass is 10.4. The SMILES string of the molecule is C[C@H](Sc1ccccc1)C(=O)N1CCNC1=O. The average Bonchev–Trinajstić information content (AvgIpc) is 2.76. The maximum atomic E-state index is 12.0. The summed E-state index contributed by atoms with van der Waals surface area (Å²) in [5.74, 6) is -0.131. The minimum Gasteiger partial charge on any atom is -0.336 e. The molecular formula is C12H14N2O2S. The standard InChI is InChI=1S/C12H14N2O2S/c1-9(17-10-5-3-2-4-6-10)11(15)14-8-7-13-12(14)16/h2-6,9H,7-8H2,1H3,(H,13,16)/t9-/m0/s1. The van der Waals surface area contributed by atoms with Gasteiger partial charge in [0.2, 0.25) is 5.91 Å². The van der Waals surface area contributed by atoms with Crippen LogP contribution in [0.4, 0.5) is 4.79 Å². The average molecular weight is 250 g/mol. The number of nitrogens with zero attached hydrogens (tertiary/aromatic N) is 1. The second kappa shape index (κ2) is 5.23. The lowest BCUT2D eigenvalue weighted by molar-refractivity contribution is -0.126. The molecule has 1 heterocycles. The van der Waals surface area contributed by atoms with Crippen molar-refractivity contribution in [3.63, 3.8) is 0 Å². The Labute approximate surface area is 104 Å². The zero-order valence-electron chi connectivity index (χ0n) is 9.55. The van der Waals surface area contributed by atoms with Gasteiger partial charge in [0.25, 0.3) is 0 Å². The number of amides is 3. The highest BCUT2D eigenvalue weighted by atomic mass is 32.2. The summed E-state index contributed by atoms with van der Waals surface area (Å²) in [4.78, 5) is 25.7. The molecule has 0 aliphatic carbocycles. The molecule has 0 unspecified atom stereocenters. The highest BCUT2D eigenvalue weighted by Gasteiger charge is 2.29. The molecule has 17 heavy (non-hydrogen) atoms. The summed E-state index contributed by atoms with van der Waals surface area (Å²) in [6, 6.07) is 9.43. The summed E-state index contributed by atoms with van der Waals surface area (Å²) in [5, 5.41) is 2.38. The van der Waals surface area contributed by atoms with Gasteiger partial charge < -0.3 is 5.32 Å². The largest absolute Gasteiger partial charge is 0.336 e. The first-order valence-corrected chi connectivity index (χ1v) is 6.37. The second-order valence-electron chi connectivity index (χ2n) is 3.79. The van der Waals surface area contributed by atoms with Gasteiger partial charge in [0.1, 0.15) is 0 Å². The van der Waals surface area contributed by atoms with E-state index in [1.807, 2.05) is 37.3 Å². The van der Waals surface area contributed by atoms with Crippen LogP contribution in [-0.4, -0.2) is 35.2 Å². The van der Waals surface area contributed by atoms with Gasteiger partial charge in [-0.25, -0.2) is 4.79 Å². The molecule has 2 rings (SSSR count). The van der Waals surface area contributed by atoms with Gasteiger partial charge in [-0.05, 0) is 19.1 Å². The summed E-state index contributed by atoms with van der Waals surface area (Å²) in [7, 11) is 0. The Morgan fingerprint density at radius 2 is 2.12 bits per heavy atom. The number of thioether (sulfide) groups is 1. The molecule has 1 aromatic rings. The van der Waals surface area contributed by atoms with Crippen LogP contribution < -0.4 is 5.32 Å². The van der Waals surface area contributed by atoms with E-state index in [1.165, 1.54) is 16.7 Å². The molecule has 3 amide bonds. The van der Waals surface area contributed by atoms with E-state index < -0.39 is 0 Å². The Morgan fingerprint density at radius 3 is 2.71 bits per heavy atom. The number of benzene rings is 1. The molecule has 1 aliphatic rings. The van der Waals surface area contributed by atoms with Crippen LogP contribution in [0.5, 0.6) is 0 Å². The highest BCUT2D eigenvalue weighted by Crippen LogP contribution is 2.24. The van der Waals surface area contributed by atoms with Gasteiger partial charge in [-0.1, -0.05) is 18.2 Å². The number of hydrogen-bond acceptors (Lipinski definition) is 3. The van der Waals surface area contributed by atoms with Crippen molar-refractivity contribution < 1.29 is 9.59 Å². The number of carbonyl (C=O) groups is 2. The van der Waals surface area contributed by atoms with Gasteiger partial charge in [0.15, 0.2) is 0 Å². The molecule has 1 saturated heterocycles. The first-order chi connectivity index (χ1) is 8.18. The van der Waals surface area contributed by atoms with Crippen LogP contribution in [0.3, 0.4) is 0 Å². The molecule has 0 saturated carbocycles. The van der Waals surface area contributed by atoms with Crippen LogP contribution in [0.25, 0.3) is 0 Å². The van der Waals surface area contributed by atoms with Crippen molar-refractivity contribution >= 4 is 23.7 Å². The summed E-state index contributed by atoms with van der Waals surface area (Å²) in [6.45, 7) is 2.84. The third-order valence-electron chi connectivity index (χ3n) is 2.53. The van der Waals surface area contributed by atoms with E-state index in [4.69, 9.17) is 0 Å². The molecule has 1 aromatic carbocycles. The normalized spacial score (nSPS) is 16.8. The van der Waals surface area contributed by atoms with Crippen molar-refractivity contribution in [3.05, 3.63) is 30.3 Å². The van der Waals surface area contributed by atoms with Crippen LogP contribution >= 0.6 is 11.8 Å². The minimum absolute atomic E-state index is 0.131. The molecule has 0 radical (unpaired) electrons. The highest BCUT2D eigenvalue weighted by molar-refractivity contribution is 8.00. The van der Waals surface area contributed by atoms with Gasteiger partial charge in [0.05, 0.1) is 5.25 Å². The van der Waals surface area contributed by atoms with E-state index in [-0.39, 0.29) is 17.2 Å². The van der Waals surface area contributed by atoms with E-state index in [0.717, 1.165) is 4.90 Å². The molecule has 4 nitrogen and oxygen atoms in total. The number of nitrogens with one attached hydrogen (secondary N) is 1. The van der Waals surface area contributed by atoms with Gasteiger partial charge in [-0.3, -0.25) is 9.69 Å². The van der Waals surface area contributed by atoms with E-state index in [0.29, 0.717) is 13.1 Å². The fourth-order valence-corrected chi connectivity index (χ4v) is 2.61. The van der Waals surface area contributed by atoms with E-state index >= 15 is 0 Å². The van der Waals surface area contributed by atoms with Gasteiger partial charge in [-0.15, -0.1) is 11.8 Å². The minimum atomic E-state index is -0.282. The van der Waals surface area contributed by atoms with Crippen molar-refractivity contribution in [2.45, 2.75) is 17.1 Å². The lowest BCUT2D eigenvalue weighted by Gasteiger charge is -2.17. The smallest absolute Gasteiger partial charge is 0.324 e. The van der Waals surface area contributed by atoms with Crippen LogP contribution in [0.15, 0.2) is 35.2 Å². The lowest BCUT2D eigenvalue weighted by Crippen LogP contribution is -2.38. The number of rotatable bonds is 3. The summed E-state index contributed by atoms with van der Waals surface area (Å²) < 4.78 is 0. The van der Waals surface area contributed by atoms with E-state index in [2.05, 4.69) is 5.32 Å². The van der Waals surface area contributed by atoms with E-state index in [1.54, 1.807) is 0 Å². The number of hydrogen-bond donors (Lipinski definition) is 1. The van der Waals surface area contributed by atoms with Crippen molar-refractivity contribution in [2.24, 2.45) is 0 Å². The van der Waals surface area contributed by atoms with Crippen molar-refractivity contribution in [2.75, 3.05) is 13.1 Å². The zero-order valence-corrected chi connectivity index (χ0v) is 10.4. The monoisotopic (exact) mass is 250 g/mol. The molecule has 0 aromatic heterocycles. The summed E-state index contributed by atoms with van der Waals surface area (Å²) in [5.41, 5.74) is 0.